The standard InChI is InChI=1S/C40H32N2/c1-27-14-11-12-25-39(2,3)33-19-13-20-34-38(33)40(27,28-15-5-4-6-16-28)32-24-23-29(26-35(32)41-34)42-36-21-9-7-17-30(36)31-18-8-10-22-37(31)42/h4-26,41H,1H2,2-3H3/b14-11-,25-12-. The van der Waals surface area contributed by atoms with E-state index in [1.807, 2.05) is 0 Å². The molecule has 8 rings (SSSR count). The summed E-state index contributed by atoms with van der Waals surface area (Å²) < 4.78 is 2.39. The van der Waals surface area contributed by atoms with E-state index < -0.39 is 5.41 Å². The molecule has 1 unspecified atom stereocenters. The van der Waals surface area contributed by atoms with Crippen LogP contribution in [-0.2, 0) is 10.8 Å². The fourth-order valence-corrected chi connectivity index (χ4v) is 7.37. The van der Waals surface area contributed by atoms with Crippen LogP contribution in [0.1, 0.15) is 36.1 Å². The summed E-state index contributed by atoms with van der Waals surface area (Å²) in [6, 6.07) is 41.9. The average molecular weight is 541 g/mol. The quantitative estimate of drug-likeness (QED) is 0.231. The van der Waals surface area contributed by atoms with Crippen molar-refractivity contribution in [2.75, 3.05) is 5.32 Å². The maximum Gasteiger partial charge on any atom is 0.0739 e. The zero-order chi connectivity index (χ0) is 28.5. The van der Waals surface area contributed by atoms with Gasteiger partial charge >= 0.3 is 0 Å². The van der Waals surface area contributed by atoms with Gasteiger partial charge in [-0.05, 0) is 58.2 Å². The molecule has 2 heteroatoms. The molecule has 0 radical (unpaired) electrons. The van der Waals surface area contributed by atoms with Crippen LogP contribution in [0.4, 0.5) is 11.4 Å². The molecule has 2 aliphatic rings. The van der Waals surface area contributed by atoms with Crippen molar-refractivity contribution in [1.82, 2.24) is 4.57 Å². The Morgan fingerprint density at radius 3 is 2.07 bits per heavy atom. The molecule has 1 aliphatic carbocycles. The summed E-state index contributed by atoms with van der Waals surface area (Å²) >= 11 is 0. The molecule has 2 heterocycles. The van der Waals surface area contributed by atoms with Crippen molar-refractivity contribution in [2.24, 2.45) is 0 Å². The van der Waals surface area contributed by atoms with Crippen molar-refractivity contribution in [3.05, 3.63) is 174 Å². The third-order valence-electron chi connectivity index (χ3n) is 9.26. The summed E-state index contributed by atoms with van der Waals surface area (Å²) in [5.41, 5.74) is 11.1. The van der Waals surface area contributed by atoms with Crippen molar-refractivity contribution >= 4 is 33.2 Å². The highest BCUT2D eigenvalue weighted by Gasteiger charge is 2.47. The van der Waals surface area contributed by atoms with E-state index in [1.54, 1.807) is 0 Å². The Bertz CT molecular complexity index is 2050. The Morgan fingerprint density at radius 1 is 0.643 bits per heavy atom. The number of nitrogens with one attached hydrogen (secondary N) is 1. The van der Waals surface area contributed by atoms with Crippen LogP contribution in [0.15, 0.2) is 152 Å². The number of hydrogen-bond donors (Lipinski definition) is 1. The molecular formula is C40H32N2. The molecular weight excluding hydrogens is 508 g/mol. The van der Waals surface area contributed by atoms with Gasteiger partial charge < -0.3 is 9.88 Å². The largest absolute Gasteiger partial charge is 0.355 e. The lowest BCUT2D eigenvalue weighted by Gasteiger charge is -2.45. The van der Waals surface area contributed by atoms with Crippen LogP contribution in [-0.4, -0.2) is 4.57 Å². The zero-order valence-corrected chi connectivity index (χ0v) is 23.9. The molecule has 42 heavy (non-hydrogen) atoms. The topological polar surface area (TPSA) is 17.0 Å². The van der Waals surface area contributed by atoms with Gasteiger partial charge in [0.1, 0.15) is 0 Å². The predicted octanol–water partition coefficient (Wildman–Crippen LogP) is 10.1. The number of benzene rings is 5. The number of aromatic nitrogens is 1. The number of fused-ring (bicyclic) bond motifs is 5. The average Bonchev–Trinajstić information content (AvgIpc) is 3.37. The minimum absolute atomic E-state index is 0.178. The van der Waals surface area contributed by atoms with Crippen molar-refractivity contribution in [3.8, 4) is 5.69 Å². The van der Waals surface area contributed by atoms with Crippen LogP contribution in [0.3, 0.4) is 0 Å². The van der Waals surface area contributed by atoms with Crippen LogP contribution in [0, 0.1) is 0 Å². The monoisotopic (exact) mass is 540 g/mol. The van der Waals surface area contributed by atoms with Crippen molar-refractivity contribution < 1.29 is 0 Å². The highest BCUT2D eigenvalue weighted by Crippen LogP contribution is 2.57. The van der Waals surface area contributed by atoms with Gasteiger partial charge in [0, 0.05) is 33.2 Å². The van der Waals surface area contributed by atoms with Crippen molar-refractivity contribution in [2.45, 2.75) is 24.7 Å². The molecule has 5 aromatic carbocycles. The Labute approximate surface area is 247 Å². The van der Waals surface area contributed by atoms with Gasteiger partial charge in [-0.3, -0.25) is 0 Å². The molecule has 0 amide bonds. The summed E-state index contributed by atoms with van der Waals surface area (Å²) in [6.07, 6.45) is 8.81. The van der Waals surface area contributed by atoms with E-state index in [0.29, 0.717) is 0 Å². The third kappa shape index (κ3) is 3.33. The molecule has 1 aromatic heterocycles. The summed E-state index contributed by atoms with van der Waals surface area (Å²) in [5, 5.41) is 6.42. The summed E-state index contributed by atoms with van der Waals surface area (Å²) in [5.74, 6) is 0. The van der Waals surface area contributed by atoms with Crippen LogP contribution in [0.25, 0.3) is 27.5 Å². The predicted molar refractivity (Wildman–Crippen MR) is 177 cm³/mol. The van der Waals surface area contributed by atoms with Crippen LogP contribution in [0.2, 0.25) is 0 Å². The first kappa shape index (κ1) is 24.7. The normalized spacial score (nSPS) is 20.1. The Hall–Kier alpha value is -5.08. The third-order valence-corrected chi connectivity index (χ3v) is 9.26. The molecule has 6 aromatic rings. The Kier molecular flexibility index (Phi) is 5.27. The Morgan fingerprint density at radius 2 is 1.33 bits per heavy atom. The van der Waals surface area contributed by atoms with Gasteiger partial charge in [-0.25, -0.2) is 0 Å². The second-order valence-electron chi connectivity index (χ2n) is 12.0. The number of hydrogen-bond acceptors (Lipinski definition) is 1. The summed E-state index contributed by atoms with van der Waals surface area (Å²) in [4.78, 5) is 0. The van der Waals surface area contributed by atoms with Crippen molar-refractivity contribution in [1.29, 1.82) is 0 Å². The number of para-hydroxylation sites is 2. The first-order valence-electron chi connectivity index (χ1n) is 14.6. The van der Waals surface area contributed by atoms with Gasteiger partial charge in [0.25, 0.3) is 0 Å². The van der Waals surface area contributed by atoms with E-state index in [9.17, 15) is 0 Å². The van der Waals surface area contributed by atoms with Gasteiger partial charge in [0.05, 0.1) is 16.4 Å². The first-order chi connectivity index (χ1) is 20.5. The molecule has 202 valence electrons. The maximum atomic E-state index is 4.78. The Balaban J connectivity index is 1.47. The molecule has 1 atom stereocenters. The van der Waals surface area contributed by atoms with E-state index in [2.05, 4.69) is 163 Å². The molecule has 0 bridgehead atoms. The van der Waals surface area contributed by atoms with E-state index in [1.165, 1.54) is 44.1 Å². The number of rotatable bonds is 2. The number of nitrogens with zero attached hydrogens (tertiary/aromatic N) is 1. The van der Waals surface area contributed by atoms with Gasteiger partial charge in [0.15, 0.2) is 0 Å². The zero-order valence-electron chi connectivity index (χ0n) is 23.9. The molecule has 1 N–H and O–H groups in total. The smallest absolute Gasteiger partial charge is 0.0739 e. The lowest BCUT2D eigenvalue weighted by molar-refractivity contribution is 0.632. The first-order valence-corrected chi connectivity index (χ1v) is 14.6. The summed E-state index contributed by atoms with van der Waals surface area (Å²) in [7, 11) is 0. The molecule has 0 fully saturated rings. The highest BCUT2D eigenvalue weighted by molar-refractivity contribution is 6.09. The second kappa shape index (κ2) is 8.96. The van der Waals surface area contributed by atoms with Crippen LogP contribution < -0.4 is 5.32 Å². The lowest BCUT2D eigenvalue weighted by atomic mass is 9.59. The van der Waals surface area contributed by atoms with E-state index in [-0.39, 0.29) is 5.41 Å². The fraction of sp³-hybridized carbons (Fsp3) is 0.100. The van der Waals surface area contributed by atoms with E-state index in [4.69, 9.17) is 6.58 Å². The van der Waals surface area contributed by atoms with E-state index in [0.717, 1.165) is 22.6 Å². The minimum Gasteiger partial charge on any atom is -0.355 e. The molecule has 1 aliphatic heterocycles. The van der Waals surface area contributed by atoms with Crippen molar-refractivity contribution in [3.63, 3.8) is 0 Å². The highest BCUT2D eigenvalue weighted by atomic mass is 15.0. The van der Waals surface area contributed by atoms with Gasteiger partial charge in [-0.2, -0.15) is 0 Å². The fourth-order valence-electron chi connectivity index (χ4n) is 7.37. The van der Waals surface area contributed by atoms with E-state index >= 15 is 0 Å². The summed E-state index contributed by atoms with van der Waals surface area (Å²) in [6.45, 7) is 9.39. The second-order valence-corrected chi connectivity index (χ2v) is 12.0. The maximum absolute atomic E-state index is 4.78. The lowest BCUT2D eigenvalue weighted by Crippen LogP contribution is -2.38. The minimum atomic E-state index is -0.563. The SMILES string of the molecule is C=C1/C=C\C=C/C(C)(C)c2cccc3c2C1(c1ccccc1)c1ccc(-n2c4ccccc4c4ccccc42)cc1N3. The molecule has 0 spiro atoms. The molecule has 2 nitrogen and oxygen atoms in total. The van der Waals surface area contributed by atoms with Crippen LogP contribution >= 0.6 is 0 Å². The number of anilines is 2. The molecule has 0 saturated carbocycles. The number of allylic oxidation sites excluding steroid dienone is 5. The van der Waals surface area contributed by atoms with Gasteiger partial charge in [-0.1, -0.05) is 130 Å². The van der Waals surface area contributed by atoms with Gasteiger partial charge in [0.2, 0.25) is 0 Å². The van der Waals surface area contributed by atoms with Gasteiger partial charge in [-0.15, -0.1) is 0 Å². The molecule has 0 saturated heterocycles. The van der Waals surface area contributed by atoms with Crippen LogP contribution in [0.5, 0.6) is 0 Å².